The number of hydrogen-bond donors (Lipinski definition) is 3. The third-order valence-electron chi connectivity index (χ3n) is 4.13. The number of nitrogens with one attached hydrogen (secondary N) is 2. The monoisotopic (exact) mass is 395 g/mol. The maximum atomic E-state index is 12.4. The average Bonchev–Trinajstić information content (AvgIpc) is 3.14. The van der Waals surface area contributed by atoms with Gasteiger partial charge in [0.05, 0.1) is 11.9 Å². The van der Waals surface area contributed by atoms with Crippen LogP contribution in [0, 0.1) is 6.92 Å². The first kappa shape index (κ1) is 20.0. The number of carbonyl (C=O) groups excluding carboxylic acids is 1. The highest BCUT2D eigenvalue weighted by Gasteiger charge is 2.15. The van der Waals surface area contributed by atoms with Crippen LogP contribution in [-0.4, -0.2) is 38.3 Å². The molecule has 3 aromatic rings. The molecular formula is C20H21N5O4. The Morgan fingerprint density at radius 2 is 1.97 bits per heavy atom. The number of urea groups is 1. The van der Waals surface area contributed by atoms with E-state index in [2.05, 4.69) is 25.8 Å². The van der Waals surface area contributed by atoms with E-state index >= 15 is 0 Å². The lowest BCUT2D eigenvalue weighted by molar-refractivity contribution is -0.137. The third kappa shape index (κ3) is 6.13. The van der Waals surface area contributed by atoms with Crippen molar-refractivity contribution in [2.24, 2.45) is 0 Å². The number of hydrogen-bond acceptors (Lipinski definition) is 6. The highest BCUT2D eigenvalue weighted by molar-refractivity contribution is 5.89. The van der Waals surface area contributed by atoms with Crippen LogP contribution in [0.15, 0.2) is 53.2 Å². The van der Waals surface area contributed by atoms with Gasteiger partial charge in [0.1, 0.15) is 5.69 Å². The van der Waals surface area contributed by atoms with Crippen LogP contribution in [0.2, 0.25) is 0 Å². The first-order valence-electron chi connectivity index (χ1n) is 9.09. The summed E-state index contributed by atoms with van der Waals surface area (Å²) in [7, 11) is 0. The van der Waals surface area contributed by atoms with Gasteiger partial charge in [0, 0.05) is 12.5 Å². The van der Waals surface area contributed by atoms with Gasteiger partial charge < -0.3 is 20.3 Å². The van der Waals surface area contributed by atoms with Crippen LogP contribution < -0.4 is 10.6 Å². The molecule has 3 rings (SSSR count). The molecule has 2 heterocycles. The lowest BCUT2D eigenvalue weighted by Crippen LogP contribution is -2.39. The fourth-order valence-electron chi connectivity index (χ4n) is 2.77. The van der Waals surface area contributed by atoms with Crippen LogP contribution in [0.25, 0.3) is 11.6 Å². The van der Waals surface area contributed by atoms with Crippen molar-refractivity contribution in [3.05, 3.63) is 60.0 Å². The molecule has 2 amide bonds. The van der Waals surface area contributed by atoms with Crippen LogP contribution in [0.1, 0.15) is 24.2 Å². The molecule has 0 aliphatic carbocycles. The number of anilines is 1. The van der Waals surface area contributed by atoms with Gasteiger partial charge >= 0.3 is 12.0 Å². The predicted octanol–water partition coefficient (Wildman–Crippen LogP) is 3.04. The number of benzene rings is 1. The molecule has 0 saturated heterocycles. The van der Waals surface area contributed by atoms with Gasteiger partial charge in [-0.1, -0.05) is 35.5 Å². The number of aryl methyl sites for hydroxylation is 1. The van der Waals surface area contributed by atoms with E-state index in [1.165, 1.54) is 6.20 Å². The summed E-state index contributed by atoms with van der Waals surface area (Å²) >= 11 is 0. The summed E-state index contributed by atoms with van der Waals surface area (Å²) in [5, 5.41) is 18.2. The fourth-order valence-corrected chi connectivity index (χ4v) is 2.77. The second kappa shape index (κ2) is 9.45. The number of nitrogens with zero attached hydrogens (tertiary/aromatic N) is 3. The Labute approximate surface area is 167 Å². The Balaban J connectivity index is 1.60. The smallest absolute Gasteiger partial charge is 0.319 e. The number of carboxylic acids is 1. The molecule has 1 aromatic carbocycles. The van der Waals surface area contributed by atoms with Crippen molar-refractivity contribution in [2.75, 3.05) is 5.32 Å². The van der Waals surface area contributed by atoms with Crippen molar-refractivity contribution in [2.45, 2.75) is 32.2 Å². The molecule has 29 heavy (non-hydrogen) atoms. The van der Waals surface area contributed by atoms with E-state index in [4.69, 9.17) is 9.63 Å². The molecule has 1 unspecified atom stereocenters. The molecule has 0 spiro atoms. The largest absolute Gasteiger partial charge is 0.481 e. The van der Waals surface area contributed by atoms with Gasteiger partial charge in [-0.25, -0.2) is 9.78 Å². The van der Waals surface area contributed by atoms with Gasteiger partial charge in [-0.3, -0.25) is 4.79 Å². The predicted molar refractivity (Wildman–Crippen MR) is 105 cm³/mol. The molecule has 0 bridgehead atoms. The zero-order valence-corrected chi connectivity index (χ0v) is 15.8. The molecule has 0 fully saturated rings. The van der Waals surface area contributed by atoms with Crippen molar-refractivity contribution in [3.63, 3.8) is 0 Å². The lowest BCUT2D eigenvalue weighted by atomic mass is 10.0. The number of amides is 2. The van der Waals surface area contributed by atoms with Crippen LogP contribution >= 0.6 is 0 Å². The number of rotatable bonds is 8. The van der Waals surface area contributed by atoms with Gasteiger partial charge in [0.2, 0.25) is 0 Å². The van der Waals surface area contributed by atoms with E-state index in [0.717, 1.165) is 5.56 Å². The third-order valence-corrected chi connectivity index (χ3v) is 4.13. The van der Waals surface area contributed by atoms with E-state index in [-0.39, 0.29) is 12.5 Å². The molecule has 9 heteroatoms. The quantitative estimate of drug-likeness (QED) is 0.534. The van der Waals surface area contributed by atoms with Gasteiger partial charge in [-0.2, -0.15) is 4.98 Å². The van der Waals surface area contributed by atoms with Crippen LogP contribution in [0.5, 0.6) is 0 Å². The van der Waals surface area contributed by atoms with E-state index in [9.17, 15) is 9.59 Å². The molecule has 150 valence electrons. The van der Waals surface area contributed by atoms with Gasteiger partial charge in [0.25, 0.3) is 5.89 Å². The van der Waals surface area contributed by atoms with Crippen LogP contribution in [0.4, 0.5) is 10.5 Å². The van der Waals surface area contributed by atoms with Gasteiger partial charge in [-0.05, 0) is 37.5 Å². The molecule has 9 nitrogen and oxygen atoms in total. The number of aliphatic carboxylic acids is 1. The van der Waals surface area contributed by atoms with Gasteiger partial charge in [0.15, 0.2) is 5.82 Å². The lowest BCUT2D eigenvalue weighted by Gasteiger charge is -2.18. The summed E-state index contributed by atoms with van der Waals surface area (Å²) in [4.78, 5) is 31.6. The normalized spacial score (nSPS) is 11.6. The molecule has 0 saturated carbocycles. The minimum Gasteiger partial charge on any atom is -0.481 e. The Bertz CT molecular complexity index is 957. The summed E-state index contributed by atoms with van der Waals surface area (Å²) in [6.07, 6.45) is 2.32. The van der Waals surface area contributed by atoms with Crippen molar-refractivity contribution in [3.8, 4) is 11.6 Å². The zero-order valence-electron chi connectivity index (χ0n) is 15.8. The first-order valence-corrected chi connectivity index (χ1v) is 9.09. The maximum Gasteiger partial charge on any atom is 0.319 e. The van der Waals surface area contributed by atoms with Crippen LogP contribution in [0.3, 0.4) is 0 Å². The Kier molecular flexibility index (Phi) is 6.51. The summed E-state index contributed by atoms with van der Waals surface area (Å²) in [6.45, 7) is 1.71. The molecule has 1 atom stereocenters. The molecular weight excluding hydrogens is 374 g/mol. The second-order valence-electron chi connectivity index (χ2n) is 6.50. The summed E-state index contributed by atoms with van der Waals surface area (Å²) in [6, 6.07) is 12.2. The molecule has 3 N–H and O–H groups in total. The zero-order chi connectivity index (χ0) is 20.6. The van der Waals surface area contributed by atoms with Crippen molar-refractivity contribution in [1.82, 2.24) is 20.4 Å². The Morgan fingerprint density at radius 3 is 2.59 bits per heavy atom. The van der Waals surface area contributed by atoms with Crippen molar-refractivity contribution >= 4 is 17.7 Å². The van der Waals surface area contributed by atoms with Crippen molar-refractivity contribution < 1.29 is 19.2 Å². The number of carbonyl (C=O) groups is 2. The Hall–Kier alpha value is -3.75. The summed E-state index contributed by atoms with van der Waals surface area (Å²) in [5.74, 6) is -0.0920. The van der Waals surface area contributed by atoms with E-state index in [1.54, 1.807) is 19.1 Å². The molecule has 0 radical (unpaired) electrons. The highest BCUT2D eigenvalue weighted by Crippen LogP contribution is 2.16. The fraction of sp³-hybridized carbons (Fsp3) is 0.250. The van der Waals surface area contributed by atoms with E-state index in [0.29, 0.717) is 35.9 Å². The molecule has 0 aliphatic heterocycles. The second-order valence-corrected chi connectivity index (χ2v) is 6.50. The summed E-state index contributed by atoms with van der Waals surface area (Å²) < 4.78 is 5.06. The number of carboxylic acid groups (broad SMARTS) is 1. The number of aromatic nitrogens is 3. The summed E-state index contributed by atoms with van der Waals surface area (Å²) in [5.41, 5.74) is 2.00. The first-order chi connectivity index (χ1) is 14.0. The van der Waals surface area contributed by atoms with E-state index in [1.807, 2.05) is 30.3 Å². The van der Waals surface area contributed by atoms with E-state index < -0.39 is 12.0 Å². The standard InChI is InChI=1S/C20H21N5O4/c1-13-22-19(29-25-13)17-9-7-16(12-21-17)24-20(28)23-15(8-10-18(26)27)11-14-5-3-2-4-6-14/h2-7,9,12,15H,8,10-11H2,1H3,(H,26,27)(H2,23,24,28). The molecule has 2 aromatic heterocycles. The minimum absolute atomic E-state index is 0.0301. The topological polar surface area (TPSA) is 130 Å². The van der Waals surface area contributed by atoms with Gasteiger partial charge in [-0.15, -0.1) is 0 Å². The molecule has 0 aliphatic rings. The van der Waals surface area contributed by atoms with Crippen LogP contribution in [-0.2, 0) is 11.2 Å². The van der Waals surface area contributed by atoms with Crippen molar-refractivity contribution in [1.29, 1.82) is 0 Å². The highest BCUT2D eigenvalue weighted by atomic mass is 16.5. The average molecular weight is 395 g/mol. The minimum atomic E-state index is -0.902. The Morgan fingerprint density at radius 1 is 1.17 bits per heavy atom. The SMILES string of the molecule is Cc1noc(-c2ccc(NC(=O)NC(CCC(=O)O)Cc3ccccc3)cn2)n1. The number of pyridine rings is 1. The maximum absolute atomic E-state index is 12.4.